The first-order valence-corrected chi connectivity index (χ1v) is 8.64. The summed E-state index contributed by atoms with van der Waals surface area (Å²) in [5.74, 6) is -0.157. The third-order valence-corrected chi connectivity index (χ3v) is 4.37. The van der Waals surface area contributed by atoms with Crippen LogP contribution in [-0.4, -0.2) is 29.8 Å². The minimum Gasteiger partial charge on any atom is -0.350 e. The van der Waals surface area contributed by atoms with E-state index < -0.39 is 0 Å². The molecule has 0 saturated carbocycles. The number of amides is 2. The number of benzene rings is 2. The summed E-state index contributed by atoms with van der Waals surface area (Å²) in [5.41, 5.74) is 1.67. The molecule has 1 atom stereocenters. The lowest BCUT2D eigenvalue weighted by molar-refractivity contribution is -0.130. The van der Waals surface area contributed by atoms with Gasteiger partial charge in [-0.25, -0.2) is 0 Å². The van der Waals surface area contributed by atoms with E-state index in [4.69, 9.17) is 0 Å². The van der Waals surface area contributed by atoms with E-state index in [2.05, 4.69) is 21.2 Å². The molecule has 1 unspecified atom stereocenters. The summed E-state index contributed by atoms with van der Waals surface area (Å²) in [5, 5.41) is 2.86. The van der Waals surface area contributed by atoms with E-state index in [1.807, 2.05) is 49.4 Å². The van der Waals surface area contributed by atoms with Crippen LogP contribution in [0.15, 0.2) is 59.1 Å². The number of nitrogens with zero attached hydrogens (tertiary/aromatic N) is 1. The molecule has 2 aromatic rings. The van der Waals surface area contributed by atoms with E-state index in [1.165, 1.54) is 0 Å². The minimum atomic E-state index is -0.146. The van der Waals surface area contributed by atoms with Crippen LogP contribution in [0.2, 0.25) is 0 Å². The molecular formula is C19H21BrN2O2. The Labute approximate surface area is 151 Å². The Balaban J connectivity index is 1.95. The lowest BCUT2D eigenvalue weighted by Crippen LogP contribution is -2.39. The zero-order chi connectivity index (χ0) is 17.5. The first-order valence-electron chi connectivity index (χ1n) is 7.85. The van der Waals surface area contributed by atoms with Crippen LogP contribution < -0.4 is 5.32 Å². The van der Waals surface area contributed by atoms with Crippen molar-refractivity contribution in [3.63, 3.8) is 0 Å². The van der Waals surface area contributed by atoms with Crippen LogP contribution in [0.25, 0.3) is 0 Å². The molecule has 0 radical (unpaired) electrons. The Hall–Kier alpha value is -2.14. The maximum Gasteiger partial charge on any atom is 0.251 e. The van der Waals surface area contributed by atoms with Crippen LogP contribution in [0.5, 0.6) is 0 Å². The fraction of sp³-hybridized carbons (Fsp3) is 0.263. The molecule has 0 bridgehead atoms. The smallest absolute Gasteiger partial charge is 0.251 e. The molecule has 2 amide bonds. The molecule has 0 saturated heterocycles. The lowest BCUT2D eigenvalue weighted by Gasteiger charge is -2.28. The minimum absolute atomic E-state index is 0.0111. The van der Waals surface area contributed by atoms with Gasteiger partial charge >= 0.3 is 0 Å². The summed E-state index contributed by atoms with van der Waals surface area (Å²) < 4.78 is 0.859. The molecule has 2 rings (SSSR count). The van der Waals surface area contributed by atoms with Crippen molar-refractivity contribution in [1.29, 1.82) is 0 Å². The van der Waals surface area contributed by atoms with E-state index in [9.17, 15) is 9.59 Å². The Morgan fingerprint density at radius 3 is 2.46 bits per heavy atom. The fourth-order valence-corrected chi connectivity index (χ4v) is 2.96. The van der Waals surface area contributed by atoms with Crippen molar-refractivity contribution < 1.29 is 9.59 Å². The van der Waals surface area contributed by atoms with E-state index in [0.717, 1.165) is 10.0 Å². The highest BCUT2D eigenvalue weighted by Gasteiger charge is 2.18. The predicted molar refractivity (Wildman–Crippen MR) is 98.7 cm³/mol. The molecule has 2 aromatic carbocycles. The topological polar surface area (TPSA) is 49.4 Å². The summed E-state index contributed by atoms with van der Waals surface area (Å²) in [6.07, 6.45) is 0. The Morgan fingerprint density at radius 2 is 1.83 bits per heavy atom. The first-order chi connectivity index (χ1) is 11.5. The van der Waals surface area contributed by atoms with Gasteiger partial charge in [-0.05, 0) is 30.7 Å². The highest BCUT2D eigenvalue weighted by Crippen LogP contribution is 2.19. The van der Waals surface area contributed by atoms with Crippen LogP contribution in [0.1, 0.15) is 35.8 Å². The molecule has 1 N–H and O–H groups in total. The van der Waals surface area contributed by atoms with Crippen molar-refractivity contribution in [2.45, 2.75) is 19.9 Å². The van der Waals surface area contributed by atoms with Crippen LogP contribution in [0.3, 0.4) is 0 Å². The van der Waals surface area contributed by atoms with Gasteiger partial charge in [0.2, 0.25) is 5.91 Å². The normalized spacial score (nSPS) is 11.6. The summed E-state index contributed by atoms with van der Waals surface area (Å²) in [4.78, 5) is 25.9. The number of nitrogens with one attached hydrogen (secondary N) is 1. The largest absolute Gasteiger partial charge is 0.350 e. The Bertz CT molecular complexity index is 704. The van der Waals surface area contributed by atoms with Crippen LogP contribution >= 0.6 is 15.9 Å². The quantitative estimate of drug-likeness (QED) is 0.818. The zero-order valence-electron chi connectivity index (χ0n) is 13.8. The molecule has 0 aromatic heterocycles. The number of carbonyl (C=O) groups excluding carboxylic acids is 2. The first kappa shape index (κ1) is 18.2. The van der Waals surface area contributed by atoms with Gasteiger partial charge in [0.25, 0.3) is 5.91 Å². The third-order valence-electron chi connectivity index (χ3n) is 3.88. The molecule has 24 heavy (non-hydrogen) atoms. The van der Waals surface area contributed by atoms with Gasteiger partial charge in [-0.3, -0.25) is 9.59 Å². The molecular weight excluding hydrogens is 368 g/mol. The second-order valence-corrected chi connectivity index (χ2v) is 6.48. The molecule has 126 valence electrons. The van der Waals surface area contributed by atoms with E-state index >= 15 is 0 Å². The molecule has 4 nitrogen and oxygen atoms in total. The van der Waals surface area contributed by atoms with Crippen molar-refractivity contribution in [3.05, 3.63) is 70.2 Å². The maximum absolute atomic E-state index is 12.2. The van der Waals surface area contributed by atoms with Crippen molar-refractivity contribution >= 4 is 27.7 Å². The standard InChI is InChI=1S/C19H21BrN2O2/c1-14(16-7-4-3-5-8-16)22(15(2)23)12-11-21-19(24)17-9-6-10-18(20)13-17/h3-10,13-14H,11-12H2,1-2H3,(H,21,24). The van der Waals surface area contributed by atoms with E-state index in [1.54, 1.807) is 24.0 Å². The predicted octanol–water partition coefficient (Wildman–Crippen LogP) is 3.79. The Morgan fingerprint density at radius 1 is 1.12 bits per heavy atom. The van der Waals surface area contributed by atoms with Crippen LogP contribution in [0.4, 0.5) is 0 Å². The van der Waals surface area contributed by atoms with Crippen molar-refractivity contribution in [3.8, 4) is 0 Å². The molecule has 0 aliphatic rings. The molecule has 0 fully saturated rings. The van der Waals surface area contributed by atoms with Gasteiger partial charge in [0, 0.05) is 30.0 Å². The maximum atomic E-state index is 12.2. The number of halogens is 1. The molecule has 5 heteroatoms. The summed E-state index contributed by atoms with van der Waals surface area (Å²) >= 11 is 3.35. The lowest BCUT2D eigenvalue weighted by atomic mass is 10.1. The number of rotatable bonds is 6. The molecule has 0 aliphatic carbocycles. The monoisotopic (exact) mass is 388 g/mol. The average Bonchev–Trinajstić information content (AvgIpc) is 2.58. The average molecular weight is 389 g/mol. The van der Waals surface area contributed by atoms with Gasteiger partial charge in [-0.2, -0.15) is 0 Å². The number of carbonyl (C=O) groups is 2. The summed E-state index contributed by atoms with van der Waals surface area (Å²) in [6, 6.07) is 17.0. The van der Waals surface area contributed by atoms with E-state index in [0.29, 0.717) is 18.7 Å². The summed E-state index contributed by atoms with van der Waals surface area (Å²) in [7, 11) is 0. The van der Waals surface area contributed by atoms with Crippen molar-refractivity contribution in [2.75, 3.05) is 13.1 Å². The summed E-state index contributed by atoms with van der Waals surface area (Å²) in [6.45, 7) is 4.41. The SMILES string of the molecule is CC(=O)N(CCNC(=O)c1cccc(Br)c1)C(C)c1ccccc1. The highest BCUT2D eigenvalue weighted by atomic mass is 79.9. The van der Waals surface area contributed by atoms with Gasteiger partial charge in [-0.15, -0.1) is 0 Å². The second-order valence-electron chi connectivity index (χ2n) is 5.57. The van der Waals surface area contributed by atoms with Crippen molar-refractivity contribution in [1.82, 2.24) is 10.2 Å². The van der Waals surface area contributed by atoms with Gasteiger partial charge in [-0.1, -0.05) is 52.3 Å². The van der Waals surface area contributed by atoms with Gasteiger partial charge in [0.15, 0.2) is 0 Å². The number of hydrogen-bond donors (Lipinski definition) is 1. The second kappa shape index (κ2) is 8.64. The van der Waals surface area contributed by atoms with Gasteiger partial charge < -0.3 is 10.2 Å². The zero-order valence-corrected chi connectivity index (χ0v) is 15.4. The number of hydrogen-bond acceptors (Lipinski definition) is 2. The Kier molecular flexibility index (Phi) is 6.55. The highest BCUT2D eigenvalue weighted by molar-refractivity contribution is 9.10. The van der Waals surface area contributed by atoms with Gasteiger partial charge in [0.05, 0.1) is 6.04 Å². The van der Waals surface area contributed by atoms with Gasteiger partial charge in [0.1, 0.15) is 0 Å². The van der Waals surface area contributed by atoms with Crippen molar-refractivity contribution in [2.24, 2.45) is 0 Å². The van der Waals surface area contributed by atoms with Crippen LogP contribution in [0, 0.1) is 0 Å². The van der Waals surface area contributed by atoms with Crippen LogP contribution in [-0.2, 0) is 4.79 Å². The molecule has 0 aliphatic heterocycles. The molecule has 0 heterocycles. The fourth-order valence-electron chi connectivity index (χ4n) is 2.56. The third kappa shape index (κ3) is 4.93. The molecule has 0 spiro atoms. The van der Waals surface area contributed by atoms with E-state index in [-0.39, 0.29) is 17.9 Å².